The molecule has 4 aromatic rings. The lowest BCUT2D eigenvalue weighted by atomic mass is 10.0. The van der Waals surface area contributed by atoms with Crippen molar-refractivity contribution in [1.29, 1.82) is 0 Å². The minimum atomic E-state index is -2.96. The van der Waals surface area contributed by atoms with Gasteiger partial charge in [-0.3, -0.25) is 15.2 Å². The van der Waals surface area contributed by atoms with E-state index in [1.54, 1.807) is 6.07 Å². The van der Waals surface area contributed by atoms with Gasteiger partial charge in [-0.15, -0.1) is 0 Å². The molecule has 0 aliphatic carbocycles. The van der Waals surface area contributed by atoms with Gasteiger partial charge >= 0.3 is 12.6 Å². The minimum absolute atomic E-state index is 0.0500. The summed E-state index contributed by atoms with van der Waals surface area (Å²) in [5.41, 5.74) is 1.18. The summed E-state index contributed by atoms with van der Waals surface area (Å²) < 4.78 is 28.9. The Morgan fingerprint density at radius 2 is 1.87 bits per heavy atom. The first kappa shape index (κ1) is 19.9. The van der Waals surface area contributed by atoms with E-state index in [4.69, 9.17) is 0 Å². The summed E-state index contributed by atoms with van der Waals surface area (Å²) in [6.07, 6.45) is 0. The van der Waals surface area contributed by atoms with Crippen LogP contribution in [0.15, 0.2) is 54.6 Å². The molecule has 9 nitrogen and oxygen atoms in total. The van der Waals surface area contributed by atoms with Crippen LogP contribution in [-0.4, -0.2) is 37.8 Å². The molecular weight excluding hydrogens is 414 g/mol. The van der Waals surface area contributed by atoms with Gasteiger partial charge < -0.3 is 9.84 Å². The molecule has 2 aromatic carbocycles. The molecule has 31 heavy (non-hydrogen) atoms. The van der Waals surface area contributed by atoms with E-state index in [0.717, 1.165) is 0 Å². The summed E-state index contributed by atoms with van der Waals surface area (Å²) >= 11 is 0. The standard InChI is InChI=1S/C20H12F2N4O5/c21-20(22)31-13-6-4-10(5-7-13)15-9-14(19(27)28)16-17(24-25-18(16)23-15)11-2-1-3-12(8-11)26(29)30/h1-9,20H,(H,27,28)(H,23,24,25). The SMILES string of the molecule is O=C(O)c1cc(-c2ccc(OC(F)F)cc2)nc2n[nH]c(-c3cccc([N+](=O)[O-])c3)c12. The van der Waals surface area contributed by atoms with Gasteiger partial charge in [0.15, 0.2) is 5.65 Å². The third-order valence-electron chi connectivity index (χ3n) is 4.48. The van der Waals surface area contributed by atoms with Crippen LogP contribution in [0.4, 0.5) is 14.5 Å². The summed E-state index contributed by atoms with van der Waals surface area (Å²) in [7, 11) is 0. The van der Waals surface area contributed by atoms with E-state index in [1.807, 2.05) is 0 Å². The Morgan fingerprint density at radius 3 is 2.52 bits per heavy atom. The van der Waals surface area contributed by atoms with Crippen molar-refractivity contribution in [2.75, 3.05) is 0 Å². The average molecular weight is 426 g/mol. The van der Waals surface area contributed by atoms with Crippen molar-refractivity contribution in [2.45, 2.75) is 6.61 Å². The number of halogens is 2. The number of nitro benzene ring substituents is 1. The Labute approximate surface area is 172 Å². The number of ether oxygens (including phenoxy) is 1. The molecule has 0 aliphatic rings. The summed E-state index contributed by atoms with van der Waals surface area (Å²) in [5, 5.41) is 27.8. The minimum Gasteiger partial charge on any atom is -0.478 e. The predicted octanol–water partition coefficient (Wildman–Crippen LogP) is 4.50. The van der Waals surface area contributed by atoms with Crippen molar-refractivity contribution in [1.82, 2.24) is 15.2 Å². The van der Waals surface area contributed by atoms with Gasteiger partial charge in [0.05, 0.1) is 27.3 Å². The molecule has 11 heteroatoms. The third-order valence-corrected chi connectivity index (χ3v) is 4.48. The number of aromatic amines is 1. The molecule has 0 aliphatic heterocycles. The second kappa shape index (κ2) is 7.78. The molecule has 0 saturated carbocycles. The third kappa shape index (κ3) is 3.88. The lowest BCUT2D eigenvalue weighted by Gasteiger charge is -2.07. The number of nitrogens with zero attached hydrogens (tertiary/aromatic N) is 3. The normalized spacial score (nSPS) is 11.1. The zero-order valence-corrected chi connectivity index (χ0v) is 15.5. The number of carbonyl (C=O) groups is 1. The lowest BCUT2D eigenvalue weighted by molar-refractivity contribution is -0.384. The Morgan fingerprint density at radius 1 is 1.13 bits per heavy atom. The van der Waals surface area contributed by atoms with E-state index in [2.05, 4.69) is 19.9 Å². The maximum Gasteiger partial charge on any atom is 0.387 e. The number of carboxylic acid groups (broad SMARTS) is 1. The van der Waals surface area contributed by atoms with Crippen LogP contribution in [0.5, 0.6) is 5.75 Å². The van der Waals surface area contributed by atoms with Crippen LogP contribution in [0, 0.1) is 10.1 Å². The maximum absolute atomic E-state index is 12.3. The number of non-ortho nitro benzene ring substituents is 1. The largest absolute Gasteiger partial charge is 0.478 e. The number of alkyl halides is 2. The van der Waals surface area contributed by atoms with Gasteiger partial charge in [-0.1, -0.05) is 12.1 Å². The Hall–Kier alpha value is -4.41. The zero-order chi connectivity index (χ0) is 22.1. The molecule has 0 radical (unpaired) electrons. The Kier molecular flexibility index (Phi) is 4.99. The van der Waals surface area contributed by atoms with Gasteiger partial charge in [-0.25, -0.2) is 9.78 Å². The highest BCUT2D eigenvalue weighted by molar-refractivity contribution is 6.08. The van der Waals surface area contributed by atoms with Crippen LogP contribution in [0.2, 0.25) is 0 Å². The van der Waals surface area contributed by atoms with Crippen molar-refractivity contribution < 1.29 is 28.3 Å². The number of H-pyrrole nitrogens is 1. The first-order valence-corrected chi connectivity index (χ1v) is 8.76. The molecule has 4 rings (SSSR count). The molecule has 0 fully saturated rings. The van der Waals surface area contributed by atoms with Crippen LogP contribution in [0.25, 0.3) is 33.5 Å². The summed E-state index contributed by atoms with van der Waals surface area (Å²) in [6, 6.07) is 12.6. The van der Waals surface area contributed by atoms with Crippen LogP contribution >= 0.6 is 0 Å². The first-order chi connectivity index (χ1) is 14.8. The zero-order valence-electron chi connectivity index (χ0n) is 15.5. The van der Waals surface area contributed by atoms with E-state index in [0.29, 0.717) is 11.1 Å². The Bertz CT molecular complexity index is 1300. The van der Waals surface area contributed by atoms with Gasteiger partial charge in [0.2, 0.25) is 0 Å². The monoisotopic (exact) mass is 426 g/mol. The number of carboxylic acids is 1. The second-order valence-corrected chi connectivity index (χ2v) is 6.37. The molecule has 2 N–H and O–H groups in total. The number of pyridine rings is 1. The quantitative estimate of drug-likeness (QED) is 0.343. The van der Waals surface area contributed by atoms with E-state index >= 15 is 0 Å². The molecule has 0 unspecified atom stereocenters. The van der Waals surface area contributed by atoms with Gasteiger partial charge in [0.25, 0.3) is 5.69 Å². The van der Waals surface area contributed by atoms with E-state index in [1.165, 1.54) is 48.5 Å². The maximum atomic E-state index is 12.3. The fourth-order valence-corrected chi connectivity index (χ4v) is 3.13. The van der Waals surface area contributed by atoms with Crippen molar-refractivity contribution in [3.05, 3.63) is 70.3 Å². The Balaban J connectivity index is 1.83. The number of hydrogen-bond donors (Lipinski definition) is 2. The molecule has 0 amide bonds. The number of aromatic carboxylic acids is 1. The smallest absolute Gasteiger partial charge is 0.387 e. The second-order valence-electron chi connectivity index (χ2n) is 6.37. The van der Waals surface area contributed by atoms with Crippen LogP contribution in [0.1, 0.15) is 10.4 Å². The molecule has 156 valence electrons. The molecule has 2 aromatic heterocycles. The number of rotatable bonds is 6. The number of aromatic nitrogens is 3. The summed E-state index contributed by atoms with van der Waals surface area (Å²) in [6.45, 7) is -2.96. The van der Waals surface area contributed by atoms with Gasteiger partial charge in [0.1, 0.15) is 5.75 Å². The first-order valence-electron chi connectivity index (χ1n) is 8.76. The van der Waals surface area contributed by atoms with Crippen molar-refractivity contribution in [2.24, 2.45) is 0 Å². The van der Waals surface area contributed by atoms with Crippen LogP contribution < -0.4 is 4.74 Å². The van der Waals surface area contributed by atoms with E-state index in [9.17, 15) is 28.8 Å². The average Bonchev–Trinajstić information content (AvgIpc) is 3.17. The van der Waals surface area contributed by atoms with Crippen LogP contribution in [0.3, 0.4) is 0 Å². The number of hydrogen-bond acceptors (Lipinski definition) is 6. The predicted molar refractivity (Wildman–Crippen MR) is 105 cm³/mol. The molecule has 2 heterocycles. The fraction of sp³-hybridized carbons (Fsp3) is 0.0500. The van der Waals surface area contributed by atoms with Crippen molar-refractivity contribution in [3.8, 4) is 28.3 Å². The van der Waals surface area contributed by atoms with Crippen LogP contribution in [-0.2, 0) is 0 Å². The number of nitro groups is 1. The summed E-state index contributed by atoms with van der Waals surface area (Å²) in [4.78, 5) is 26.8. The number of benzene rings is 2. The topological polar surface area (TPSA) is 131 Å². The molecule has 0 atom stereocenters. The number of fused-ring (bicyclic) bond motifs is 1. The van der Waals surface area contributed by atoms with Gasteiger partial charge in [-0.2, -0.15) is 13.9 Å². The fourth-order valence-electron chi connectivity index (χ4n) is 3.13. The highest BCUT2D eigenvalue weighted by atomic mass is 19.3. The highest BCUT2D eigenvalue weighted by Gasteiger charge is 2.21. The lowest BCUT2D eigenvalue weighted by Crippen LogP contribution is -2.02. The summed E-state index contributed by atoms with van der Waals surface area (Å²) in [5.74, 6) is -1.30. The molecule has 0 spiro atoms. The van der Waals surface area contributed by atoms with E-state index < -0.39 is 17.5 Å². The van der Waals surface area contributed by atoms with Gasteiger partial charge in [-0.05, 0) is 30.3 Å². The molecular formula is C20H12F2N4O5. The van der Waals surface area contributed by atoms with Crippen molar-refractivity contribution in [3.63, 3.8) is 0 Å². The number of nitrogens with one attached hydrogen (secondary N) is 1. The molecule has 0 bridgehead atoms. The van der Waals surface area contributed by atoms with Crippen molar-refractivity contribution >= 4 is 22.7 Å². The molecule has 0 saturated heterocycles. The highest BCUT2D eigenvalue weighted by Crippen LogP contribution is 2.33. The van der Waals surface area contributed by atoms with E-state index in [-0.39, 0.29) is 39.4 Å². The van der Waals surface area contributed by atoms with Gasteiger partial charge in [0, 0.05) is 23.3 Å².